The van der Waals surface area contributed by atoms with E-state index in [2.05, 4.69) is 35.0 Å². The van der Waals surface area contributed by atoms with Gasteiger partial charge in [-0.15, -0.1) is 0 Å². The Kier molecular flexibility index (Phi) is 3.46. The van der Waals surface area contributed by atoms with Gasteiger partial charge in [0.2, 0.25) is 0 Å². The average molecular weight is 295 g/mol. The Labute approximate surface area is 112 Å². The molecule has 1 N–H and O–H groups in total. The minimum absolute atomic E-state index is 0.168. The molecule has 2 heteroatoms. The van der Waals surface area contributed by atoms with E-state index in [0.29, 0.717) is 0 Å². The highest BCUT2D eigenvalue weighted by molar-refractivity contribution is 9.10. The molecule has 0 fully saturated rings. The second-order valence-corrected chi connectivity index (χ2v) is 6.21. The van der Waals surface area contributed by atoms with Crippen molar-refractivity contribution < 1.29 is 5.11 Å². The maximum atomic E-state index is 10.9. The molecule has 0 saturated carbocycles. The van der Waals surface area contributed by atoms with E-state index in [9.17, 15) is 5.11 Å². The van der Waals surface area contributed by atoms with Crippen LogP contribution >= 0.6 is 15.9 Å². The second-order valence-electron chi connectivity index (χ2n) is 5.29. The van der Waals surface area contributed by atoms with Crippen molar-refractivity contribution in [2.45, 2.75) is 38.7 Å². The largest absolute Gasteiger partial charge is 0.385 e. The van der Waals surface area contributed by atoms with Crippen molar-refractivity contribution in [3.63, 3.8) is 0 Å². The Hall–Kier alpha value is -0.600. The van der Waals surface area contributed by atoms with Gasteiger partial charge in [-0.05, 0) is 43.9 Å². The van der Waals surface area contributed by atoms with Gasteiger partial charge in [-0.25, -0.2) is 0 Å². The van der Waals surface area contributed by atoms with Gasteiger partial charge in [-0.3, -0.25) is 0 Å². The van der Waals surface area contributed by atoms with Crippen LogP contribution in [0.2, 0.25) is 0 Å². The van der Waals surface area contributed by atoms with Crippen LogP contribution in [0.25, 0.3) is 0 Å². The molecule has 92 valence electrons. The van der Waals surface area contributed by atoms with Crippen LogP contribution in [0.4, 0.5) is 0 Å². The number of rotatable bonds is 2. The molecule has 0 amide bonds. The van der Waals surface area contributed by atoms with Crippen LogP contribution in [0.15, 0.2) is 40.9 Å². The third kappa shape index (κ3) is 2.34. The molecular weight excluding hydrogens is 276 g/mol. The first kappa shape index (κ1) is 12.8. The van der Waals surface area contributed by atoms with Gasteiger partial charge in [0.25, 0.3) is 0 Å². The van der Waals surface area contributed by atoms with Gasteiger partial charge in [-0.2, -0.15) is 0 Å². The van der Waals surface area contributed by atoms with E-state index in [4.69, 9.17) is 0 Å². The summed E-state index contributed by atoms with van der Waals surface area (Å²) in [4.78, 5) is 0. The Morgan fingerprint density at radius 1 is 1.29 bits per heavy atom. The predicted molar refractivity (Wildman–Crippen MR) is 74.8 cm³/mol. The first-order valence-corrected chi connectivity index (χ1v) is 6.91. The van der Waals surface area contributed by atoms with Crippen molar-refractivity contribution >= 4 is 15.9 Å². The molecule has 0 radical (unpaired) electrons. The lowest BCUT2D eigenvalue weighted by Crippen LogP contribution is -2.40. The number of hydrogen-bond acceptors (Lipinski definition) is 1. The smallest absolute Gasteiger partial charge is 0.0956 e. The van der Waals surface area contributed by atoms with Crippen LogP contribution in [-0.4, -0.2) is 5.11 Å². The number of aliphatic hydroxyl groups is 1. The summed E-state index contributed by atoms with van der Waals surface area (Å²) in [6.45, 7) is 4.07. The standard InChI is InChI=1S/C15H19BrO/c1-14(10-4-3-5-11-14)15(2,17)12-6-8-13(16)9-7-12/h4,6-10,17H,3,5,11H2,1-2H3/t14-,15+/m0/s1. The Morgan fingerprint density at radius 3 is 2.47 bits per heavy atom. The molecule has 1 aliphatic carbocycles. The molecule has 0 unspecified atom stereocenters. The molecule has 1 nitrogen and oxygen atoms in total. The first-order chi connectivity index (χ1) is 7.96. The van der Waals surface area contributed by atoms with Crippen molar-refractivity contribution in [3.05, 3.63) is 46.5 Å². The highest BCUT2D eigenvalue weighted by Crippen LogP contribution is 2.46. The second kappa shape index (κ2) is 4.58. The summed E-state index contributed by atoms with van der Waals surface area (Å²) < 4.78 is 1.04. The van der Waals surface area contributed by atoms with Gasteiger partial charge in [0.1, 0.15) is 0 Å². The van der Waals surface area contributed by atoms with Crippen LogP contribution in [0, 0.1) is 5.41 Å². The number of hydrogen-bond donors (Lipinski definition) is 1. The number of benzene rings is 1. The zero-order valence-corrected chi connectivity index (χ0v) is 12.0. The lowest BCUT2D eigenvalue weighted by atomic mass is 9.66. The van der Waals surface area contributed by atoms with Crippen molar-refractivity contribution in [1.82, 2.24) is 0 Å². The van der Waals surface area contributed by atoms with Gasteiger partial charge >= 0.3 is 0 Å². The highest BCUT2D eigenvalue weighted by Gasteiger charge is 2.42. The minimum Gasteiger partial charge on any atom is -0.385 e. The Bertz CT molecular complexity index is 419. The van der Waals surface area contributed by atoms with Gasteiger partial charge in [-0.1, -0.05) is 47.1 Å². The molecule has 1 aromatic carbocycles. The summed E-state index contributed by atoms with van der Waals surface area (Å²) in [5.74, 6) is 0. The summed E-state index contributed by atoms with van der Waals surface area (Å²) >= 11 is 3.43. The van der Waals surface area contributed by atoms with Crippen LogP contribution < -0.4 is 0 Å². The van der Waals surface area contributed by atoms with E-state index in [0.717, 1.165) is 29.3 Å². The van der Waals surface area contributed by atoms with Crippen molar-refractivity contribution in [1.29, 1.82) is 0 Å². The normalized spacial score (nSPS) is 27.8. The lowest BCUT2D eigenvalue weighted by Gasteiger charge is -2.43. The Morgan fingerprint density at radius 2 is 1.94 bits per heavy atom. The van der Waals surface area contributed by atoms with Crippen LogP contribution in [0.3, 0.4) is 0 Å². The molecule has 0 aliphatic heterocycles. The van der Waals surface area contributed by atoms with Gasteiger partial charge in [0.15, 0.2) is 0 Å². The molecule has 0 aromatic heterocycles. The number of halogens is 1. The molecule has 17 heavy (non-hydrogen) atoms. The Balaban J connectivity index is 2.37. The van der Waals surface area contributed by atoms with E-state index >= 15 is 0 Å². The first-order valence-electron chi connectivity index (χ1n) is 6.12. The summed E-state index contributed by atoms with van der Waals surface area (Å²) in [5.41, 5.74) is -0.00119. The van der Waals surface area contributed by atoms with Crippen molar-refractivity contribution in [3.8, 4) is 0 Å². The van der Waals surface area contributed by atoms with Crippen LogP contribution in [-0.2, 0) is 5.60 Å². The zero-order chi connectivity index (χ0) is 12.5. The third-order valence-corrected chi connectivity index (χ3v) is 4.60. The quantitative estimate of drug-likeness (QED) is 0.802. The fourth-order valence-electron chi connectivity index (χ4n) is 2.52. The van der Waals surface area contributed by atoms with E-state index < -0.39 is 5.60 Å². The minimum atomic E-state index is -0.815. The van der Waals surface area contributed by atoms with E-state index in [-0.39, 0.29) is 5.41 Å². The van der Waals surface area contributed by atoms with Gasteiger partial charge in [0, 0.05) is 9.89 Å². The fourth-order valence-corrected chi connectivity index (χ4v) is 2.79. The van der Waals surface area contributed by atoms with E-state index in [1.807, 2.05) is 31.2 Å². The maximum absolute atomic E-state index is 10.9. The lowest BCUT2D eigenvalue weighted by molar-refractivity contribution is -0.0475. The van der Waals surface area contributed by atoms with E-state index in [1.165, 1.54) is 0 Å². The summed E-state index contributed by atoms with van der Waals surface area (Å²) in [6.07, 6.45) is 7.69. The van der Waals surface area contributed by atoms with Crippen LogP contribution in [0.1, 0.15) is 38.7 Å². The predicted octanol–water partition coefficient (Wildman–Crippen LogP) is 4.40. The molecule has 0 heterocycles. The third-order valence-electron chi connectivity index (χ3n) is 4.07. The molecule has 1 aromatic rings. The SMILES string of the molecule is C[C@]1([C@](C)(O)c2ccc(Br)cc2)C=CCCC1. The molecule has 2 atom stereocenters. The maximum Gasteiger partial charge on any atom is 0.0956 e. The van der Waals surface area contributed by atoms with Gasteiger partial charge < -0.3 is 5.11 Å². The summed E-state index contributed by atoms with van der Waals surface area (Å²) in [6, 6.07) is 7.97. The molecular formula is C15H19BrO. The zero-order valence-electron chi connectivity index (χ0n) is 10.4. The fraction of sp³-hybridized carbons (Fsp3) is 0.467. The highest BCUT2D eigenvalue weighted by atomic mass is 79.9. The van der Waals surface area contributed by atoms with Crippen LogP contribution in [0.5, 0.6) is 0 Å². The van der Waals surface area contributed by atoms with E-state index in [1.54, 1.807) is 0 Å². The molecule has 1 aliphatic rings. The monoisotopic (exact) mass is 294 g/mol. The molecule has 0 saturated heterocycles. The van der Waals surface area contributed by atoms with Crippen molar-refractivity contribution in [2.24, 2.45) is 5.41 Å². The molecule has 0 spiro atoms. The van der Waals surface area contributed by atoms with Crippen molar-refractivity contribution in [2.75, 3.05) is 0 Å². The summed E-state index contributed by atoms with van der Waals surface area (Å²) in [7, 11) is 0. The van der Waals surface area contributed by atoms with Gasteiger partial charge in [0.05, 0.1) is 5.60 Å². The average Bonchev–Trinajstić information content (AvgIpc) is 2.30. The molecule has 2 rings (SSSR count). The number of allylic oxidation sites excluding steroid dienone is 1. The molecule has 0 bridgehead atoms. The topological polar surface area (TPSA) is 20.2 Å². The summed E-state index contributed by atoms with van der Waals surface area (Å²) in [5, 5.41) is 10.9.